The van der Waals surface area contributed by atoms with Gasteiger partial charge in [-0.3, -0.25) is 4.79 Å². The summed E-state index contributed by atoms with van der Waals surface area (Å²) in [5.74, 6) is -1.53. The van der Waals surface area contributed by atoms with Crippen LogP contribution in [0.5, 0.6) is 5.75 Å². The maximum absolute atomic E-state index is 12.7. The van der Waals surface area contributed by atoms with Crippen molar-refractivity contribution in [2.45, 2.75) is 25.2 Å². The molecule has 0 bridgehead atoms. The summed E-state index contributed by atoms with van der Waals surface area (Å²) in [5, 5.41) is 18.9. The normalized spacial score (nSPS) is 13.6. The van der Waals surface area contributed by atoms with E-state index in [0.29, 0.717) is 20.5 Å². The highest BCUT2D eigenvalue weighted by Gasteiger charge is 2.35. The van der Waals surface area contributed by atoms with E-state index in [4.69, 9.17) is 28.9 Å². The molecule has 1 amide bonds. The highest BCUT2D eigenvalue weighted by Crippen LogP contribution is 2.36. The van der Waals surface area contributed by atoms with Crippen molar-refractivity contribution >= 4 is 56.1 Å². The standard InChI is InChI=1S/C18H11BrCl2F3N5O2/c1-17(6-25,7-29-27-14-12(21)5-11(20)13(19)15(14)28-29)10-4-8(31-18(22,23)24)2-3-9(10)16(26)30/h2-5H,7H2,1H3,(H2,26,30). The van der Waals surface area contributed by atoms with E-state index in [1.165, 1.54) is 13.0 Å². The number of aromatic nitrogens is 3. The monoisotopic (exact) mass is 535 g/mol. The fourth-order valence-electron chi connectivity index (χ4n) is 2.94. The van der Waals surface area contributed by atoms with Crippen LogP contribution < -0.4 is 10.5 Å². The topological polar surface area (TPSA) is 107 Å². The van der Waals surface area contributed by atoms with E-state index in [9.17, 15) is 23.2 Å². The molecule has 0 fully saturated rings. The highest BCUT2D eigenvalue weighted by molar-refractivity contribution is 9.10. The van der Waals surface area contributed by atoms with Crippen molar-refractivity contribution in [3.63, 3.8) is 0 Å². The van der Waals surface area contributed by atoms with Crippen LogP contribution in [0.2, 0.25) is 10.0 Å². The number of benzene rings is 2. The average Bonchev–Trinajstić information content (AvgIpc) is 3.09. The minimum absolute atomic E-state index is 0.0752. The predicted octanol–water partition coefficient (Wildman–Crippen LogP) is 4.98. The number of fused-ring (bicyclic) bond motifs is 1. The molecule has 0 saturated heterocycles. The van der Waals surface area contributed by atoms with Gasteiger partial charge in [0.25, 0.3) is 0 Å². The van der Waals surface area contributed by atoms with Crippen LogP contribution in [0.15, 0.2) is 28.7 Å². The van der Waals surface area contributed by atoms with Crippen molar-refractivity contribution in [1.82, 2.24) is 15.0 Å². The number of nitriles is 1. The van der Waals surface area contributed by atoms with Gasteiger partial charge < -0.3 is 10.5 Å². The first-order valence-electron chi connectivity index (χ1n) is 8.34. The van der Waals surface area contributed by atoms with Crippen LogP contribution in [0, 0.1) is 11.3 Å². The van der Waals surface area contributed by atoms with E-state index >= 15 is 0 Å². The van der Waals surface area contributed by atoms with Crippen LogP contribution in [0.4, 0.5) is 13.2 Å². The molecule has 0 aliphatic carbocycles. The minimum Gasteiger partial charge on any atom is -0.406 e. The third-order valence-electron chi connectivity index (χ3n) is 4.34. The van der Waals surface area contributed by atoms with Crippen molar-refractivity contribution < 1.29 is 22.7 Å². The molecule has 1 atom stereocenters. The summed E-state index contributed by atoms with van der Waals surface area (Å²) < 4.78 is 42.3. The van der Waals surface area contributed by atoms with Gasteiger partial charge in [0.05, 0.1) is 27.1 Å². The molecule has 2 aromatic carbocycles. The molecule has 0 radical (unpaired) electrons. The number of ether oxygens (including phenoxy) is 1. The first-order valence-corrected chi connectivity index (χ1v) is 9.89. The molecule has 0 aliphatic rings. The van der Waals surface area contributed by atoms with Crippen LogP contribution in [0.3, 0.4) is 0 Å². The molecule has 31 heavy (non-hydrogen) atoms. The number of rotatable bonds is 5. The van der Waals surface area contributed by atoms with Gasteiger partial charge in [0.1, 0.15) is 22.2 Å². The van der Waals surface area contributed by atoms with E-state index in [1.54, 1.807) is 0 Å². The lowest BCUT2D eigenvalue weighted by atomic mass is 9.81. The zero-order chi connectivity index (χ0) is 23.1. The Bertz CT molecular complexity index is 1240. The molecule has 0 saturated carbocycles. The summed E-state index contributed by atoms with van der Waals surface area (Å²) in [5.41, 5.74) is 4.20. The molecule has 13 heteroatoms. The second-order valence-electron chi connectivity index (χ2n) is 6.65. The van der Waals surface area contributed by atoms with Crippen LogP contribution in [-0.4, -0.2) is 27.3 Å². The number of carbonyl (C=O) groups is 1. The first-order chi connectivity index (χ1) is 14.3. The number of primary amides is 1. The van der Waals surface area contributed by atoms with E-state index in [2.05, 4.69) is 30.9 Å². The number of amides is 1. The summed E-state index contributed by atoms with van der Waals surface area (Å²) in [6.45, 7) is 1.16. The molecule has 0 aliphatic heterocycles. The highest BCUT2D eigenvalue weighted by atomic mass is 79.9. The summed E-state index contributed by atoms with van der Waals surface area (Å²) in [7, 11) is 0. The lowest BCUT2D eigenvalue weighted by Crippen LogP contribution is -2.31. The Morgan fingerprint density at radius 2 is 1.90 bits per heavy atom. The van der Waals surface area contributed by atoms with Crippen molar-refractivity contribution in [2.24, 2.45) is 5.73 Å². The zero-order valence-corrected chi connectivity index (χ0v) is 18.6. The third kappa shape index (κ3) is 4.71. The maximum atomic E-state index is 12.7. The van der Waals surface area contributed by atoms with Crippen molar-refractivity contribution in [2.75, 3.05) is 0 Å². The molecule has 1 unspecified atom stereocenters. The Morgan fingerprint density at radius 3 is 2.48 bits per heavy atom. The summed E-state index contributed by atoms with van der Waals surface area (Å²) in [6.07, 6.45) is -4.96. The van der Waals surface area contributed by atoms with Crippen LogP contribution in [0.1, 0.15) is 22.8 Å². The molecule has 3 aromatic rings. The Kier molecular flexibility index (Phi) is 6.10. The Balaban J connectivity index is 2.12. The van der Waals surface area contributed by atoms with E-state index < -0.39 is 23.4 Å². The van der Waals surface area contributed by atoms with Crippen molar-refractivity contribution in [1.29, 1.82) is 5.26 Å². The summed E-state index contributed by atoms with van der Waals surface area (Å²) in [6, 6.07) is 6.40. The van der Waals surface area contributed by atoms with E-state index in [-0.39, 0.29) is 22.7 Å². The predicted molar refractivity (Wildman–Crippen MR) is 110 cm³/mol. The molecule has 1 heterocycles. The lowest BCUT2D eigenvalue weighted by Gasteiger charge is -2.24. The van der Waals surface area contributed by atoms with Gasteiger partial charge >= 0.3 is 6.36 Å². The van der Waals surface area contributed by atoms with E-state index in [0.717, 1.165) is 23.0 Å². The van der Waals surface area contributed by atoms with Gasteiger partial charge in [-0.1, -0.05) is 23.2 Å². The van der Waals surface area contributed by atoms with Crippen molar-refractivity contribution in [3.8, 4) is 11.8 Å². The van der Waals surface area contributed by atoms with Crippen LogP contribution in [-0.2, 0) is 12.0 Å². The molecule has 2 N–H and O–H groups in total. The number of nitrogens with zero attached hydrogens (tertiary/aromatic N) is 4. The van der Waals surface area contributed by atoms with Gasteiger partial charge in [-0.05, 0) is 52.7 Å². The van der Waals surface area contributed by atoms with Gasteiger partial charge in [-0.25, -0.2) is 0 Å². The first kappa shape index (κ1) is 23.1. The lowest BCUT2D eigenvalue weighted by molar-refractivity contribution is -0.274. The molecule has 7 nitrogen and oxygen atoms in total. The van der Waals surface area contributed by atoms with Gasteiger partial charge in [0.15, 0.2) is 0 Å². The quantitative estimate of drug-likeness (QED) is 0.463. The summed E-state index contributed by atoms with van der Waals surface area (Å²) in [4.78, 5) is 13.0. The zero-order valence-electron chi connectivity index (χ0n) is 15.5. The van der Waals surface area contributed by atoms with Gasteiger partial charge in [-0.2, -0.15) is 20.3 Å². The average molecular weight is 537 g/mol. The fourth-order valence-corrected chi connectivity index (χ4v) is 3.81. The third-order valence-corrected chi connectivity index (χ3v) is 5.96. The van der Waals surface area contributed by atoms with Crippen LogP contribution in [0.25, 0.3) is 11.0 Å². The SMILES string of the molecule is CC(C#N)(Cn1nc2c(Cl)cc(Cl)c(Br)c2n1)c1cc(OC(F)(F)F)ccc1C(N)=O. The number of nitrogens with two attached hydrogens (primary N) is 1. The molecule has 1 aromatic heterocycles. The Morgan fingerprint density at radius 1 is 1.26 bits per heavy atom. The number of halogens is 6. The van der Waals surface area contributed by atoms with Gasteiger partial charge in [-0.15, -0.1) is 13.2 Å². The number of hydrogen-bond acceptors (Lipinski definition) is 5. The molecule has 0 spiro atoms. The minimum atomic E-state index is -4.96. The largest absolute Gasteiger partial charge is 0.573 e. The fraction of sp³-hybridized carbons (Fsp3) is 0.222. The number of hydrogen-bond donors (Lipinski definition) is 1. The smallest absolute Gasteiger partial charge is 0.406 e. The summed E-state index contributed by atoms with van der Waals surface area (Å²) >= 11 is 15.5. The maximum Gasteiger partial charge on any atom is 0.573 e. The second kappa shape index (κ2) is 8.18. The van der Waals surface area contributed by atoms with Crippen molar-refractivity contribution in [3.05, 3.63) is 49.9 Å². The molecular formula is C18H11BrCl2F3N5O2. The van der Waals surface area contributed by atoms with E-state index in [1.807, 2.05) is 6.07 Å². The van der Waals surface area contributed by atoms with Crippen LogP contribution >= 0.6 is 39.1 Å². The molecular weight excluding hydrogens is 526 g/mol. The number of carbonyl (C=O) groups excluding carboxylic acids is 1. The molecule has 162 valence electrons. The Hall–Kier alpha value is -2.55. The molecule has 3 rings (SSSR count). The number of alkyl halides is 3. The Labute approximate surface area is 191 Å². The van der Waals surface area contributed by atoms with Gasteiger partial charge in [0.2, 0.25) is 5.91 Å². The second-order valence-corrected chi connectivity index (χ2v) is 8.25. The van der Waals surface area contributed by atoms with Gasteiger partial charge in [0, 0.05) is 5.56 Å².